The van der Waals surface area contributed by atoms with Gasteiger partial charge in [0.05, 0.1) is 15.6 Å². The highest BCUT2D eigenvalue weighted by molar-refractivity contribution is 7.22. The van der Waals surface area contributed by atoms with Crippen molar-refractivity contribution in [2.24, 2.45) is 5.41 Å². The van der Waals surface area contributed by atoms with E-state index in [1.54, 1.807) is 6.07 Å². The van der Waals surface area contributed by atoms with Crippen LogP contribution in [0.5, 0.6) is 0 Å². The van der Waals surface area contributed by atoms with Crippen molar-refractivity contribution in [1.82, 2.24) is 4.98 Å². The average Bonchev–Trinajstić information content (AvgIpc) is 3.15. The van der Waals surface area contributed by atoms with Crippen molar-refractivity contribution in [3.05, 3.63) is 94.8 Å². The predicted octanol–water partition coefficient (Wildman–Crippen LogP) is 6.06. The Labute approximate surface area is 177 Å². The number of halogens is 1. The van der Waals surface area contributed by atoms with Gasteiger partial charge in [0.25, 0.3) is 0 Å². The third kappa shape index (κ3) is 2.42. The first-order chi connectivity index (χ1) is 14.5. The van der Waals surface area contributed by atoms with E-state index in [0.717, 1.165) is 11.1 Å². The van der Waals surface area contributed by atoms with E-state index in [-0.39, 0.29) is 23.6 Å². The summed E-state index contributed by atoms with van der Waals surface area (Å²) in [6.45, 7) is 2.07. The highest BCUT2D eigenvalue weighted by atomic mass is 32.1. The second-order valence-corrected chi connectivity index (χ2v) is 9.48. The lowest BCUT2D eigenvalue weighted by molar-refractivity contribution is -0.126. The van der Waals surface area contributed by atoms with Crippen molar-refractivity contribution < 1.29 is 9.18 Å². The third-order valence-corrected chi connectivity index (χ3v) is 7.65. The number of anilines is 1. The van der Waals surface area contributed by atoms with Crippen molar-refractivity contribution in [3.63, 3.8) is 0 Å². The van der Waals surface area contributed by atoms with Crippen LogP contribution in [-0.4, -0.2) is 10.9 Å². The van der Waals surface area contributed by atoms with Gasteiger partial charge in [-0.25, -0.2) is 9.37 Å². The summed E-state index contributed by atoms with van der Waals surface area (Å²) in [7, 11) is 0. The van der Waals surface area contributed by atoms with E-state index in [4.69, 9.17) is 0 Å². The molecule has 0 fully saturated rings. The maximum Gasteiger partial charge on any atom is 0.233 e. The molecule has 3 aliphatic carbocycles. The summed E-state index contributed by atoms with van der Waals surface area (Å²) in [4.78, 5) is 18.1. The molecule has 0 aliphatic heterocycles. The molecule has 0 unspecified atom stereocenters. The van der Waals surface area contributed by atoms with Gasteiger partial charge in [-0.2, -0.15) is 0 Å². The Bertz CT molecular complexity index is 1280. The van der Waals surface area contributed by atoms with E-state index in [1.165, 1.54) is 45.7 Å². The molecule has 1 N–H and O–H groups in total. The molecule has 30 heavy (non-hydrogen) atoms. The van der Waals surface area contributed by atoms with E-state index in [2.05, 4.69) is 65.8 Å². The van der Waals surface area contributed by atoms with Gasteiger partial charge in [0.15, 0.2) is 5.13 Å². The molecule has 0 saturated heterocycles. The Morgan fingerprint density at radius 3 is 2.33 bits per heavy atom. The van der Waals surface area contributed by atoms with Crippen LogP contribution in [0.3, 0.4) is 0 Å². The summed E-state index contributed by atoms with van der Waals surface area (Å²) in [5, 5.41) is 3.57. The van der Waals surface area contributed by atoms with Gasteiger partial charge < -0.3 is 5.32 Å². The van der Waals surface area contributed by atoms with Crippen LogP contribution in [0.25, 0.3) is 10.2 Å². The van der Waals surface area contributed by atoms with Crippen molar-refractivity contribution >= 4 is 32.6 Å². The number of carbonyl (C=O) groups is 1. The fourth-order valence-electron chi connectivity index (χ4n) is 5.38. The molecule has 7 rings (SSSR count). The van der Waals surface area contributed by atoms with Gasteiger partial charge in [-0.3, -0.25) is 4.79 Å². The maximum absolute atomic E-state index is 13.6. The minimum atomic E-state index is -0.587. The van der Waals surface area contributed by atoms with Crippen LogP contribution in [0.4, 0.5) is 9.52 Å². The number of rotatable bonds is 2. The lowest BCUT2D eigenvalue weighted by Crippen LogP contribution is -2.47. The van der Waals surface area contributed by atoms with Crippen LogP contribution in [0, 0.1) is 11.2 Å². The zero-order chi connectivity index (χ0) is 20.5. The monoisotopic (exact) mass is 414 g/mol. The Morgan fingerprint density at radius 2 is 1.67 bits per heavy atom. The molecule has 1 atom stereocenters. The number of nitrogens with zero attached hydrogens (tertiary/aromatic N) is 1. The number of nitrogens with one attached hydrogen (secondary N) is 1. The van der Waals surface area contributed by atoms with Gasteiger partial charge in [0, 0.05) is 11.8 Å². The second kappa shape index (κ2) is 6.22. The summed E-state index contributed by atoms with van der Waals surface area (Å²) in [5.74, 6) is -0.112. The van der Waals surface area contributed by atoms with E-state index >= 15 is 0 Å². The quantitative estimate of drug-likeness (QED) is 0.433. The second-order valence-electron chi connectivity index (χ2n) is 8.45. The molecule has 3 aromatic carbocycles. The Morgan fingerprint density at radius 1 is 1.03 bits per heavy atom. The highest BCUT2D eigenvalue weighted by Crippen LogP contribution is 2.61. The first kappa shape index (κ1) is 17.8. The number of hydrogen-bond acceptors (Lipinski definition) is 3. The predicted molar refractivity (Wildman–Crippen MR) is 118 cm³/mol. The molecule has 1 heterocycles. The van der Waals surface area contributed by atoms with Crippen molar-refractivity contribution in [3.8, 4) is 0 Å². The zero-order valence-corrected chi connectivity index (χ0v) is 17.2. The minimum Gasteiger partial charge on any atom is -0.301 e. The van der Waals surface area contributed by atoms with Gasteiger partial charge in [-0.05, 0) is 53.8 Å². The third-order valence-electron chi connectivity index (χ3n) is 6.72. The molecule has 5 heteroatoms. The molecule has 0 radical (unpaired) electrons. The molecule has 3 nitrogen and oxygen atoms in total. The van der Waals surface area contributed by atoms with E-state index < -0.39 is 5.41 Å². The standard InChI is InChI=1S/C25H19FN2OS/c1-25(23(29)28-24-27-20-11-10-14(26)12-21(20)30-24)13-19-15-6-2-4-8-17(15)22(25)18-9-5-3-7-16(18)19/h2-12,19,22H,13H2,1H3,(H,27,28,29)/t19?,22?,25-/m1/s1. The summed E-state index contributed by atoms with van der Waals surface area (Å²) in [5.41, 5.74) is 5.27. The largest absolute Gasteiger partial charge is 0.301 e. The number of fused-ring (bicyclic) bond motifs is 2. The van der Waals surface area contributed by atoms with E-state index in [1.807, 2.05) is 0 Å². The van der Waals surface area contributed by atoms with Gasteiger partial charge in [0.2, 0.25) is 5.91 Å². The molecule has 0 saturated carbocycles. The van der Waals surface area contributed by atoms with Gasteiger partial charge >= 0.3 is 0 Å². The maximum atomic E-state index is 13.6. The van der Waals surface area contributed by atoms with Crippen LogP contribution in [-0.2, 0) is 4.79 Å². The van der Waals surface area contributed by atoms with Crippen LogP contribution in [0.2, 0.25) is 0 Å². The van der Waals surface area contributed by atoms with Gasteiger partial charge in [0.1, 0.15) is 5.82 Å². The number of hydrogen-bond donors (Lipinski definition) is 1. The van der Waals surface area contributed by atoms with Crippen molar-refractivity contribution in [2.45, 2.75) is 25.2 Å². The van der Waals surface area contributed by atoms with Crippen molar-refractivity contribution in [2.75, 3.05) is 5.32 Å². The Kier molecular flexibility index (Phi) is 3.69. The summed E-state index contributed by atoms with van der Waals surface area (Å²) >= 11 is 1.31. The summed E-state index contributed by atoms with van der Waals surface area (Å²) in [6.07, 6.45) is 0.761. The van der Waals surface area contributed by atoms with Gasteiger partial charge in [-0.1, -0.05) is 59.9 Å². The number of amides is 1. The lowest BCUT2D eigenvalue weighted by atomic mass is 9.52. The van der Waals surface area contributed by atoms with Gasteiger partial charge in [-0.15, -0.1) is 0 Å². The molecule has 1 amide bonds. The smallest absolute Gasteiger partial charge is 0.233 e. The molecule has 4 aromatic rings. The average molecular weight is 415 g/mol. The van der Waals surface area contributed by atoms with Crippen LogP contribution in [0.15, 0.2) is 66.7 Å². The van der Waals surface area contributed by atoms with E-state index in [0.29, 0.717) is 10.6 Å². The number of thiazole rings is 1. The van der Waals surface area contributed by atoms with Crippen LogP contribution < -0.4 is 5.32 Å². The molecular weight excluding hydrogens is 395 g/mol. The van der Waals surface area contributed by atoms with Crippen LogP contribution >= 0.6 is 11.3 Å². The molecule has 0 spiro atoms. The fraction of sp³-hybridized carbons (Fsp3) is 0.200. The topological polar surface area (TPSA) is 42.0 Å². The first-order valence-electron chi connectivity index (χ1n) is 10.1. The Balaban J connectivity index is 1.42. The molecule has 3 aliphatic rings. The molecular formula is C25H19FN2OS. The normalized spacial score (nSPS) is 23.8. The van der Waals surface area contributed by atoms with E-state index in [9.17, 15) is 9.18 Å². The first-order valence-corrected chi connectivity index (χ1v) is 10.9. The zero-order valence-electron chi connectivity index (χ0n) is 16.4. The fourth-order valence-corrected chi connectivity index (χ4v) is 6.27. The number of carbonyl (C=O) groups excluding carboxylic acids is 1. The Hall–Kier alpha value is -3.05. The molecule has 2 bridgehead atoms. The molecule has 1 aromatic heterocycles. The number of benzene rings is 3. The van der Waals surface area contributed by atoms with Crippen LogP contribution in [0.1, 0.15) is 47.4 Å². The highest BCUT2D eigenvalue weighted by Gasteiger charge is 2.53. The summed E-state index contributed by atoms with van der Waals surface area (Å²) in [6, 6.07) is 21.5. The van der Waals surface area contributed by atoms with Crippen molar-refractivity contribution in [1.29, 1.82) is 0 Å². The summed E-state index contributed by atoms with van der Waals surface area (Å²) < 4.78 is 14.3. The minimum absolute atomic E-state index is 0.00160. The molecule has 148 valence electrons. The lowest BCUT2D eigenvalue weighted by Gasteiger charge is -2.50. The SMILES string of the molecule is C[C@@]1(C(=O)Nc2nc3ccc(F)cc3s2)CC2c3ccccc3C1c1ccccc12. The number of aromatic nitrogens is 1.